The largest absolute Gasteiger partial charge is 0.271 e. The number of nitrogens with two attached hydrogens (primary N) is 1. The molecule has 1 aromatic rings. The minimum atomic E-state index is -2.96. The summed E-state index contributed by atoms with van der Waals surface area (Å²) in [7, 11) is -2.96. The van der Waals surface area contributed by atoms with Gasteiger partial charge in [-0.1, -0.05) is 19.1 Å². The third kappa shape index (κ3) is 4.89. The van der Waals surface area contributed by atoms with Crippen molar-refractivity contribution in [2.75, 3.05) is 11.5 Å². The molecule has 0 aliphatic carbocycles. The van der Waals surface area contributed by atoms with E-state index in [1.165, 1.54) is 6.07 Å². The molecule has 0 fully saturated rings. The maximum Gasteiger partial charge on any atom is 0.150 e. The van der Waals surface area contributed by atoms with Crippen LogP contribution in [0, 0.1) is 12.7 Å². The van der Waals surface area contributed by atoms with E-state index in [9.17, 15) is 12.8 Å². The maximum absolute atomic E-state index is 13.5. The fourth-order valence-electron chi connectivity index (χ4n) is 1.82. The lowest BCUT2D eigenvalue weighted by molar-refractivity contribution is 0.502. The van der Waals surface area contributed by atoms with Crippen LogP contribution in [0.1, 0.15) is 36.9 Å². The highest BCUT2D eigenvalue weighted by Crippen LogP contribution is 2.20. The number of rotatable bonds is 7. The number of hydrogen-bond donors (Lipinski definition) is 2. The van der Waals surface area contributed by atoms with Crippen molar-refractivity contribution in [1.29, 1.82) is 0 Å². The van der Waals surface area contributed by atoms with Gasteiger partial charge in [0.15, 0.2) is 0 Å². The van der Waals surface area contributed by atoms with Gasteiger partial charge in [-0.2, -0.15) is 0 Å². The second-order valence-corrected chi connectivity index (χ2v) is 7.08. The van der Waals surface area contributed by atoms with Gasteiger partial charge in [-0.25, -0.2) is 12.8 Å². The van der Waals surface area contributed by atoms with Gasteiger partial charge < -0.3 is 0 Å². The summed E-state index contributed by atoms with van der Waals surface area (Å²) in [6, 6.07) is 4.70. The molecule has 1 aromatic carbocycles. The Morgan fingerprint density at radius 1 is 1.42 bits per heavy atom. The maximum atomic E-state index is 13.5. The molecule has 108 valence electrons. The minimum absolute atomic E-state index is 0.135. The van der Waals surface area contributed by atoms with Crippen LogP contribution in [-0.4, -0.2) is 19.9 Å². The van der Waals surface area contributed by atoms with Crippen LogP contribution in [0.3, 0.4) is 0 Å². The molecule has 0 spiro atoms. The Balaban J connectivity index is 2.66. The topological polar surface area (TPSA) is 72.2 Å². The molecule has 0 bridgehead atoms. The Morgan fingerprint density at radius 2 is 2.11 bits per heavy atom. The number of hydrazine groups is 1. The number of nitrogens with one attached hydrogen (secondary N) is 1. The first-order chi connectivity index (χ1) is 8.89. The average Bonchev–Trinajstić information content (AvgIpc) is 2.38. The minimum Gasteiger partial charge on any atom is -0.271 e. The second kappa shape index (κ2) is 6.98. The zero-order valence-corrected chi connectivity index (χ0v) is 12.1. The molecule has 0 aliphatic heterocycles. The van der Waals surface area contributed by atoms with Gasteiger partial charge in [-0.3, -0.25) is 11.3 Å². The van der Waals surface area contributed by atoms with Crippen molar-refractivity contribution in [1.82, 2.24) is 5.43 Å². The molecule has 0 saturated heterocycles. The molecule has 6 heteroatoms. The van der Waals surface area contributed by atoms with E-state index in [0.29, 0.717) is 18.4 Å². The molecule has 1 unspecified atom stereocenters. The first-order valence-electron chi connectivity index (χ1n) is 6.32. The monoisotopic (exact) mass is 288 g/mol. The summed E-state index contributed by atoms with van der Waals surface area (Å²) in [5.74, 6) is 5.46. The first kappa shape index (κ1) is 16.1. The van der Waals surface area contributed by atoms with Gasteiger partial charge in [-0.15, -0.1) is 0 Å². The Hall–Kier alpha value is -0.980. The van der Waals surface area contributed by atoms with E-state index >= 15 is 0 Å². The van der Waals surface area contributed by atoms with Crippen LogP contribution in [-0.2, 0) is 9.84 Å². The molecule has 0 aliphatic rings. The quantitative estimate of drug-likeness (QED) is 0.593. The first-order valence-corrected chi connectivity index (χ1v) is 8.14. The second-order valence-electron chi connectivity index (χ2n) is 4.61. The van der Waals surface area contributed by atoms with Gasteiger partial charge in [0.05, 0.1) is 5.75 Å². The van der Waals surface area contributed by atoms with Crippen molar-refractivity contribution < 1.29 is 12.8 Å². The van der Waals surface area contributed by atoms with E-state index in [1.54, 1.807) is 26.0 Å². The Morgan fingerprint density at radius 3 is 2.63 bits per heavy atom. The highest BCUT2D eigenvalue weighted by molar-refractivity contribution is 7.91. The Labute approximate surface area is 114 Å². The summed E-state index contributed by atoms with van der Waals surface area (Å²) < 4.78 is 36.3. The zero-order chi connectivity index (χ0) is 14.5. The van der Waals surface area contributed by atoms with Gasteiger partial charge in [0.1, 0.15) is 15.7 Å². The molecule has 0 heterocycles. The van der Waals surface area contributed by atoms with Crippen LogP contribution >= 0.6 is 0 Å². The average molecular weight is 288 g/mol. The van der Waals surface area contributed by atoms with Crippen LogP contribution in [0.5, 0.6) is 0 Å². The number of benzene rings is 1. The lowest BCUT2D eigenvalue weighted by atomic mass is 10.0. The fraction of sp³-hybridized carbons (Fsp3) is 0.538. The highest BCUT2D eigenvalue weighted by Gasteiger charge is 2.13. The lowest BCUT2D eigenvalue weighted by Crippen LogP contribution is -2.28. The zero-order valence-electron chi connectivity index (χ0n) is 11.3. The lowest BCUT2D eigenvalue weighted by Gasteiger charge is -2.16. The summed E-state index contributed by atoms with van der Waals surface area (Å²) in [5, 5.41) is 0. The van der Waals surface area contributed by atoms with Gasteiger partial charge in [-0.05, 0) is 37.0 Å². The van der Waals surface area contributed by atoms with Crippen molar-refractivity contribution in [3.63, 3.8) is 0 Å². The number of halogens is 1. The van der Waals surface area contributed by atoms with Crippen LogP contribution in [0.25, 0.3) is 0 Å². The predicted molar refractivity (Wildman–Crippen MR) is 74.8 cm³/mol. The SMILES string of the molecule is CCS(=O)(=O)CCCC(NN)c1ccc(C)c(F)c1. The van der Waals surface area contributed by atoms with E-state index in [4.69, 9.17) is 5.84 Å². The van der Waals surface area contributed by atoms with E-state index in [2.05, 4.69) is 5.43 Å². The molecular weight excluding hydrogens is 267 g/mol. The van der Waals surface area contributed by atoms with Crippen LogP contribution < -0.4 is 11.3 Å². The third-order valence-corrected chi connectivity index (χ3v) is 4.98. The van der Waals surface area contributed by atoms with Crippen molar-refractivity contribution in [3.05, 3.63) is 35.1 Å². The molecule has 0 aromatic heterocycles. The molecule has 1 atom stereocenters. The summed E-state index contributed by atoms with van der Waals surface area (Å²) >= 11 is 0. The molecule has 1 rings (SSSR count). The van der Waals surface area contributed by atoms with Gasteiger partial charge >= 0.3 is 0 Å². The smallest absolute Gasteiger partial charge is 0.150 e. The Bertz CT molecular complexity index is 517. The summed E-state index contributed by atoms with van der Waals surface area (Å²) in [4.78, 5) is 0. The number of hydrogen-bond acceptors (Lipinski definition) is 4. The van der Waals surface area contributed by atoms with Gasteiger partial charge in [0.25, 0.3) is 0 Å². The highest BCUT2D eigenvalue weighted by atomic mass is 32.2. The van der Waals surface area contributed by atoms with Crippen LogP contribution in [0.15, 0.2) is 18.2 Å². The van der Waals surface area contributed by atoms with E-state index in [0.717, 1.165) is 5.56 Å². The van der Waals surface area contributed by atoms with Gasteiger partial charge in [0.2, 0.25) is 0 Å². The van der Waals surface area contributed by atoms with Crippen molar-refractivity contribution in [2.24, 2.45) is 5.84 Å². The van der Waals surface area contributed by atoms with Gasteiger partial charge in [0, 0.05) is 11.8 Å². The molecule has 4 nitrogen and oxygen atoms in total. The van der Waals surface area contributed by atoms with Crippen molar-refractivity contribution >= 4 is 9.84 Å². The predicted octanol–water partition coefficient (Wildman–Crippen LogP) is 1.85. The molecule has 3 N–H and O–H groups in total. The Kier molecular flexibility index (Phi) is 5.90. The van der Waals surface area contributed by atoms with E-state index < -0.39 is 9.84 Å². The summed E-state index contributed by atoms with van der Waals surface area (Å²) in [5.41, 5.74) is 3.92. The van der Waals surface area contributed by atoms with Crippen molar-refractivity contribution in [3.8, 4) is 0 Å². The van der Waals surface area contributed by atoms with E-state index in [-0.39, 0.29) is 23.4 Å². The van der Waals surface area contributed by atoms with Crippen LogP contribution in [0.2, 0.25) is 0 Å². The standard InChI is InChI=1S/C13H21FN2O2S/c1-3-19(17,18)8-4-5-13(16-15)11-7-6-10(2)12(14)9-11/h6-7,9,13,16H,3-5,8,15H2,1-2H3. The molecule has 0 amide bonds. The van der Waals surface area contributed by atoms with Crippen molar-refractivity contribution in [2.45, 2.75) is 32.7 Å². The normalized spacial score (nSPS) is 13.5. The molecule has 19 heavy (non-hydrogen) atoms. The number of sulfone groups is 1. The molecule has 0 radical (unpaired) electrons. The number of aryl methyl sites for hydroxylation is 1. The summed E-state index contributed by atoms with van der Waals surface area (Å²) in [6.07, 6.45) is 1.05. The van der Waals surface area contributed by atoms with Crippen LogP contribution in [0.4, 0.5) is 4.39 Å². The molecule has 0 saturated carbocycles. The van der Waals surface area contributed by atoms with E-state index in [1.807, 2.05) is 0 Å². The molecular formula is C13H21FN2O2S. The third-order valence-electron chi connectivity index (χ3n) is 3.19. The fourth-order valence-corrected chi connectivity index (χ4v) is 2.72. The summed E-state index contributed by atoms with van der Waals surface area (Å²) in [6.45, 7) is 3.32.